The summed E-state index contributed by atoms with van der Waals surface area (Å²) >= 11 is 0. The summed E-state index contributed by atoms with van der Waals surface area (Å²) in [5, 5.41) is 2.87. The van der Waals surface area contributed by atoms with Crippen molar-refractivity contribution in [1.29, 1.82) is 0 Å². The second kappa shape index (κ2) is 15.8. The van der Waals surface area contributed by atoms with Crippen LogP contribution >= 0.6 is 0 Å². The maximum absolute atomic E-state index is 15.8. The number of nitrogens with two attached hydrogens (primary N) is 1. The van der Waals surface area contributed by atoms with Crippen molar-refractivity contribution >= 4 is 27.7 Å². The maximum Gasteiger partial charge on any atom is 0.410 e. The molecule has 0 unspecified atom stereocenters. The van der Waals surface area contributed by atoms with E-state index >= 15 is 4.39 Å². The van der Waals surface area contributed by atoms with E-state index in [2.05, 4.69) is 5.32 Å². The molecule has 3 aliphatic rings. The molecule has 1 aliphatic carbocycles. The molecule has 3 aromatic rings. The minimum Gasteiger partial charge on any atom is -0.444 e. The van der Waals surface area contributed by atoms with Crippen LogP contribution in [0.15, 0.2) is 77.7 Å². The minimum atomic E-state index is -4.01. The molecule has 1 spiro atoms. The zero-order chi connectivity index (χ0) is 38.0. The van der Waals surface area contributed by atoms with Crippen molar-refractivity contribution < 1.29 is 36.3 Å². The summed E-state index contributed by atoms with van der Waals surface area (Å²) in [7, 11) is -4.01. The average Bonchev–Trinajstić information content (AvgIpc) is 3.92. The van der Waals surface area contributed by atoms with E-state index in [0.29, 0.717) is 32.6 Å². The summed E-state index contributed by atoms with van der Waals surface area (Å²) in [4.78, 5) is 29.1. The largest absolute Gasteiger partial charge is 0.444 e. The number of rotatable bonds is 10. The molecule has 2 heterocycles. The van der Waals surface area contributed by atoms with Crippen LogP contribution in [0.4, 0.5) is 19.3 Å². The molecule has 3 fully saturated rings. The zero-order valence-electron chi connectivity index (χ0n) is 30.6. The smallest absolute Gasteiger partial charge is 0.410 e. The quantitative estimate of drug-likeness (QED) is 0.243. The Kier molecular flexibility index (Phi) is 11.6. The first-order valence-electron chi connectivity index (χ1n) is 18.4. The Labute approximate surface area is 311 Å². The van der Waals surface area contributed by atoms with Gasteiger partial charge in [0.25, 0.3) is 0 Å². The molecule has 1 saturated carbocycles. The number of carbonyl (C=O) groups excluding carboxylic acids is 2. The molecular formula is C40H50F2N4O6S. The molecule has 2 saturated heterocycles. The van der Waals surface area contributed by atoms with E-state index in [4.69, 9.17) is 15.2 Å². The molecule has 0 bridgehead atoms. The van der Waals surface area contributed by atoms with Crippen LogP contribution in [0.3, 0.4) is 0 Å². The highest BCUT2D eigenvalue weighted by atomic mass is 32.2. The number of anilines is 1. The van der Waals surface area contributed by atoms with Gasteiger partial charge in [0.05, 0.1) is 10.9 Å². The number of nitrogens with one attached hydrogen (secondary N) is 1. The van der Waals surface area contributed by atoms with Crippen molar-refractivity contribution in [2.75, 3.05) is 38.2 Å². The molecule has 3 N–H and O–H groups in total. The third-order valence-electron chi connectivity index (χ3n) is 10.6. The Hall–Kier alpha value is -3.91. The fourth-order valence-electron chi connectivity index (χ4n) is 7.68. The third-order valence-corrected chi connectivity index (χ3v) is 12.5. The highest BCUT2D eigenvalue weighted by molar-refractivity contribution is 7.89. The van der Waals surface area contributed by atoms with Crippen molar-refractivity contribution in [2.24, 2.45) is 17.1 Å². The van der Waals surface area contributed by atoms with Crippen molar-refractivity contribution in [1.82, 2.24) is 9.21 Å². The monoisotopic (exact) mass is 752 g/mol. The first kappa shape index (κ1) is 38.8. The van der Waals surface area contributed by atoms with Crippen molar-refractivity contribution in [2.45, 2.75) is 87.8 Å². The van der Waals surface area contributed by atoms with Gasteiger partial charge >= 0.3 is 6.09 Å². The van der Waals surface area contributed by atoms with Gasteiger partial charge in [0.2, 0.25) is 15.9 Å². The van der Waals surface area contributed by atoms with E-state index in [1.54, 1.807) is 74.2 Å². The molecule has 0 radical (unpaired) electrons. The predicted octanol–water partition coefficient (Wildman–Crippen LogP) is 6.46. The summed E-state index contributed by atoms with van der Waals surface area (Å²) in [5.41, 5.74) is 6.67. The van der Waals surface area contributed by atoms with E-state index in [-0.39, 0.29) is 48.0 Å². The van der Waals surface area contributed by atoms with E-state index in [0.717, 1.165) is 18.4 Å². The fourth-order valence-corrected chi connectivity index (χ4v) is 9.46. The molecule has 286 valence electrons. The molecule has 6 rings (SSSR count). The Balaban J connectivity index is 1.27. The number of nitrogens with zero attached hydrogens (tertiary/aromatic N) is 2. The molecule has 2 aliphatic heterocycles. The van der Waals surface area contributed by atoms with Gasteiger partial charge in [-0.05, 0) is 107 Å². The lowest BCUT2D eigenvalue weighted by molar-refractivity contribution is -0.118. The number of halogens is 2. The number of benzene rings is 3. The van der Waals surface area contributed by atoms with E-state index < -0.39 is 62.7 Å². The van der Waals surface area contributed by atoms with Crippen molar-refractivity contribution in [3.05, 3.63) is 95.6 Å². The van der Waals surface area contributed by atoms with E-state index in [9.17, 15) is 22.4 Å². The van der Waals surface area contributed by atoms with Crippen LogP contribution in [0, 0.1) is 23.0 Å². The summed E-state index contributed by atoms with van der Waals surface area (Å²) in [6.07, 6.45) is 2.56. The summed E-state index contributed by atoms with van der Waals surface area (Å²) in [6, 6.07) is 16.8. The van der Waals surface area contributed by atoms with Crippen LogP contribution in [0.5, 0.6) is 0 Å². The number of sulfonamides is 1. The highest BCUT2D eigenvalue weighted by Gasteiger charge is 2.52. The van der Waals surface area contributed by atoms with Gasteiger partial charge in [-0.2, -0.15) is 4.31 Å². The Morgan fingerprint density at radius 2 is 1.66 bits per heavy atom. The van der Waals surface area contributed by atoms with Gasteiger partial charge in [0.1, 0.15) is 17.2 Å². The van der Waals surface area contributed by atoms with Gasteiger partial charge in [-0.3, -0.25) is 4.79 Å². The van der Waals surface area contributed by atoms with Gasteiger partial charge in [-0.15, -0.1) is 0 Å². The zero-order valence-corrected chi connectivity index (χ0v) is 31.4. The van der Waals surface area contributed by atoms with Crippen LogP contribution in [-0.2, 0) is 30.7 Å². The molecule has 3 aromatic carbocycles. The standard InChI is InChI=1S/C40H50F2N4O6S/c1-39(2,3)52-38(48)45-24-30(46(26-40(25-45)20-21-40)53(49,50)31-8-5-4-6-9-31)16-17-32-33(42)10-7-11-34(32)44-37(47)36(43)35(28-18-22-51-23-19-28)27-12-14-29(41)15-13-27/h4-15,28,30,35-36H,16-26,43H2,1-3H3,(H,44,47)/t30-,35-,36-/m0/s1. The molecule has 13 heteroatoms. The van der Waals surface area contributed by atoms with Crippen LogP contribution in [-0.4, -0.2) is 80.2 Å². The van der Waals surface area contributed by atoms with E-state index in [1.807, 2.05) is 0 Å². The van der Waals surface area contributed by atoms with Crippen molar-refractivity contribution in [3.63, 3.8) is 0 Å². The lowest BCUT2D eigenvalue weighted by atomic mass is 9.76. The predicted molar refractivity (Wildman–Crippen MR) is 198 cm³/mol. The van der Waals surface area contributed by atoms with Crippen LogP contribution in [0.1, 0.15) is 69.9 Å². The van der Waals surface area contributed by atoms with Gasteiger partial charge in [0.15, 0.2) is 0 Å². The highest BCUT2D eigenvalue weighted by Crippen LogP contribution is 2.50. The molecule has 53 heavy (non-hydrogen) atoms. The van der Waals surface area contributed by atoms with Gasteiger partial charge < -0.3 is 25.4 Å². The number of hydrogen-bond acceptors (Lipinski definition) is 7. The fraction of sp³-hybridized carbons (Fsp3) is 0.500. The number of ether oxygens (including phenoxy) is 2. The van der Waals surface area contributed by atoms with Gasteiger partial charge in [0, 0.05) is 61.5 Å². The lowest BCUT2D eigenvalue weighted by Gasteiger charge is -2.34. The summed E-state index contributed by atoms with van der Waals surface area (Å²) in [6.45, 7) is 7.00. The van der Waals surface area contributed by atoms with Crippen LogP contribution in [0.25, 0.3) is 0 Å². The summed E-state index contributed by atoms with van der Waals surface area (Å²) in [5.74, 6) is -1.91. The first-order chi connectivity index (χ1) is 25.2. The SMILES string of the molecule is CC(C)(C)OC(=O)N1C[C@H](CCc2c(F)cccc2NC(=O)[C@@H](N)[C@@H](c2ccc(F)cc2)C2CCOCC2)N(S(=O)(=O)c2ccccc2)CC2(CC2)C1. The molecule has 0 aromatic heterocycles. The topological polar surface area (TPSA) is 131 Å². The minimum absolute atomic E-state index is 0.0115. The first-order valence-corrected chi connectivity index (χ1v) is 19.8. The molecule has 3 atom stereocenters. The molecular weight excluding hydrogens is 703 g/mol. The molecule has 10 nitrogen and oxygen atoms in total. The molecule has 2 amide bonds. The Morgan fingerprint density at radius 3 is 2.30 bits per heavy atom. The number of hydrogen-bond donors (Lipinski definition) is 2. The van der Waals surface area contributed by atoms with Gasteiger partial charge in [-0.1, -0.05) is 36.4 Å². The average molecular weight is 753 g/mol. The van der Waals surface area contributed by atoms with Crippen molar-refractivity contribution in [3.8, 4) is 0 Å². The Bertz CT molecular complexity index is 1860. The van der Waals surface area contributed by atoms with E-state index in [1.165, 1.54) is 28.6 Å². The second-order valence-electron chi connectivity index (χ2n) is 15.7. The lowest BCUT2D eigenvalue weighted by Crippen LogP contribution is -2.47. The summed E-state index contributed by atoms with van der Waals surface area (Å²) < 4.78 is 71.0. The maximum atomic E-state index is 15.8. The number of carbonyl (C=O) groups is 2. The second-order valence-corrected chi connectivity index (χ2v) is 17.6. The van der Waals surface area contributed by atoms with Crippen LogP contribution in [0.2, 0.25) is 0 Å². The normalized spacial score (nSPS) is 20.7. The number of amides is 2. The third kappa shape index (κ3) is 9.25. The van der Waals surface area contributed by atoms with Crippen LogP contribution < -0.4 is 11.1 Å². The Morgan fingerprint density at radius 1 is 0.981 bits per heavy atom. The van der Waals surface area contributed by atoms with Gasteiger partial charge in [-0.25, -0.2) is 22.0 Å².